The second-order valence-electron chi connectivity index (χ2n) is 2.07. The van der Waals surface area contributed by atoms with Crippen molar-refractivity contribution < 1.29 is 13.9 Å². The molecule has 0 saturated heterocycles. The predicted molar refractivity (Wildman–Crippen MR) is 48.0 cm³/mol. The van der Waals surface area contributed by atoms with Crippen molar-refractivity contribution in [2.24, 2.45) is 0 Å². The summed E-state index contributed by atoms with van der Waals surface area (Å²) in [5, 5.41) is 8.96. The van der Waals surface area contributed by atoms with E-state index in [4.69, 9.17) is 10.8 Å². The first kappa shape index (κ1) is 9.43. The molecule has 0 bridgehead atoms. The quantitative estimate of drug-likeness (QED) is 0.612. The van der Waals surface area contributed by atoms with Gasteiger partial charge in [-0.05, 0) is 22.6 Å². The van der Waals surface area contributed by atoms with Crippen molar-refractivity contribution >= 4 is 28.3 Å². The Bertz CT molecular complexity index is 306. The van der Waals surface area contributed by atoms with Crippen molar-refractivity contribution in [2.75, 3.05) is 5.73 Å². The second kappa shape index (κ2) is 3.38. The maximum absolute atomic E-state index is 12.1. The molecule has 12 heavy (non-hydrogen) atoms. The lowest BCUT2D eigenvalue weighted by molar-refractivity contribution is 0.141. The smallest absolute Gasteiger partial charge is 0.284 e. The fourth-order valence-electron chi connectivity index (χ4n) is 0.669. The molecule has 0 amide bonds. The maximum atomic E-state index is 12.1. The molecule has 0 saturated carbocycles. The van der Waals surface area contributed by atoms with Crippen LogP contribution >= 0.6 is 22.6 Å². The van der Waals surface area contributed by atoms with Gasteiger partial charge in [-0.1, -0.05) is 0 Å². The SMILES string of the molecule is Nc1cc(O)c(C(F)F)nc1I. The molecule has 0 unspecified atom stereocenters. The van der Waals surface area contributed by atoms with Gasteiger partial charge in [0.15, 0.2) is 0 Å². The molecule has 3 nitrogen and oxygen atoms in total. The van der Waals surface area contributed by atoms with Gasteiger partial charge in [0.2, 0.25) is 0 Å². The Hall–Kier alpha value is -0.660. The number of aromatic hydroxyl groups is 1. The lowest BCUT2D eigenvalue weighted by atomic mass is 10.3. The molecular formula is C6H5F2IN2O. The van der Waals surface area contributed by atoms with Gasteiger partial charge in [0.1, 0.15) is 15.1 Å². The molecule has 0 atom stereocenters. The van der Waals surface area contributed by atoms with Crippen LogP contribution in [0.1, 0.15) is 12.1 Å². The van der Waals surface area contributed by atoms with E-state index in [2.05, 4.69) is 4.98 Å². The number of anilines is 1. The molecule has 1 heterocycles. The minimum atomic E-state index is -2.78. The van der Waals surface area contributed by atoms with E-state index in [-0.39, 0.29) is 9.39 Å². The van der Waals surface area contributed by atoms with Gasteiger partial charge in [-0.25, -0.2) is 13.8 Å². The summed E-state index contributed by atoms with van der Waals surface area (Å²) in [5.74, 6) is -0.567. The molecule has 1 aromatic heterocycles. The fraction of sp³-hybridized carbons (Fsp3) is 0.167. The minimum absolute atomic E-state index is 0.192. The second-order valence-corrected chi connectivity index (χ2v) is 3.10. The van der Waals surface area contributed by atoms with E-state index >= 15 is 0 Å². The first-order valence-electron chi connectivity index (χ1n) is 2.95. The van der Waals surface area contributed by atoms with Crippen LogP contribution in [0.25, 0.3) is 0 Å². The Balaban J connectivity index is 3.23. The first-order valence-corrected chi connectivity index (χ1v) is 4.03. The number of halogens is 3. The maximum Gasteiger partial charge on any atom is 0.284 e. The number of nitrogen functional groups attached to an aromatic ring is 1. The summed E-state index contributed by atoms with van der Waals surface area (Å²) in [5.41, 5.74) is 4.88. The molecule has 66 valence electrons. The molecule has 1 rings (SSSR count). The number of pyridine rings is 1. The van der Waals surface area contributed by atoms with Crippen LogP contribution in [0.5, 0.6) is 5.75 Å². The summed E-state index contributed by atoms with van der Waals surface area (Å²) in [7, 11) is 0. The van der Waals surface area contributed by atoms with Crippen LogP contribution in [0, 0.1) is 3.70 Å². The molecule has 6 heteroatoms. The Morgan fingerprint density at radius 3 is 2.67 bits per heavy atom. The van der Waals surface area contributed by atoms with E-state index in [1.807, 2.05) is 0 Å². The van der Waals surface area contributed by atoms with Crippen molar-refractivity contribution in [3.8, 4) is 5.75 Å². The van der Waals surface area contributed by atoms with Crippen LogP contribution < -0.4 is 5.73 Å². The largest absolute Gasteiger partial charge is 0.506 e. The molecule has 0 spiro atoms. The number of hydrogen-bond acceptors (Lipinski definition) is 3. The van der Waals surface area contributed by atoms with Gasteiger partial charge < -0.3 is 10.8 Å². The summed E-state index contributed by atoms with van der Waals surface area (Å²) >= 11 is 1.72. The number of alkyl halides is 2. The Labute approximate surface area is 80.7 Å². The Morgan fingerprint density at radius 2 is 2.17 bits per heavy atom. The monoisotopic (exact) mass is 286 g/mol. The zero-order chi connectivity index (χ0) is 9.30. The summed E-state index contributed by atoms with van der Waals surface area (Å²) < 4.78 is 24.4. The number of rotatable bonds is 1. The van der Waals surface area contributed by atoms with E-state index in [1.165, 1.54) is 0 Å². The fourth-order valence-corrected chi connectivity index (χ4v) is 1.08. The highest BCUT2D eigenvalue weighted by Gasteiger charge is 2.16. The summed E-state index contributed by atoms with van der Waals surface area (Å²) in [4.78, 5) is 3.43. The Morgan fingerprint density at radius 1 is 1.58 bits per heavy atom. The molecule has 0 aliphatic carbocycles. The van der Waals surface area contributed by atoms with Gasteiger partial charge in [-0.2, -0.15) is 0 Å². The third-order valence-corrected chi connectivity index (χ3v) is 2.08. The van der Waals surface area contributed by atoms with Gasteiger partial charge in [-0.15, -0.1) is 0 Å². The summed E-state index contributed by atoms with van der Waals surface area (Å²) in [6.07, 6.45) is -2.78. The topological polar surface area (TPSA) is 59.1 Å². The van der Waals surface area contributed by atoms with Crippen LogP contribution in [-0.4, -0.2) is 10.1 Å². The third kappa shape index (κ3) is 1.74. The molecule has 0 aromatic carbocycles. The van der Waals surface area contributed by atoms with Crippen molar-refractivity contribution in [2.45, 2.75) is 6.43 Å². The van der Waals surface area contributed by atoms with Gasteiger partial charge in [-0.3, -0.25) is 0 Å². The average molecular weight is 286 g/mol. The summed E-state index contributed by atoms with van der Waals surface area (Å²) in [6, 6.07) is 1.07. The van der Waals surface area contributed by atoms with Crippen LogP contribution in [-0.2, 0) is 0 Å². The molecule has 0 radical (unpaired) electrons. The zero-order valence-electron chi connectivity index (χ0n) is 5.76. The highest BCUT2D eigenvalue weighted by Crippen LogP contribution is 2.29. The van der Waals surface area contributed by atoms with Crippen LogP contribution in [0.15, 0.2) is 6.07 Å². The van der Waals surface area contributed by atoms with Crippen LogP contribution in [0.4, 0.5) is 14.5 Å². The summed E-state index contributed by atoms with van der Waals surface area (Å²) in [6.45, 7) is 0. The number of aromatic nitrogens is 1. The normalized spacial score (nSPS) is 10.7. The molecule has 0 aliphatic heterocycles. The lowest BCUT2D eigenvalue weighted by Crippen LogP contribution is -1.98. The van der Waals surface area contributed by atoms with E-state index < -0.39 is 17.9 Å². The van der Waals surface area contributed by atoms with Gasteiger partial charge in [0, 0.05) is 6.07 Å². The van der Waals surface area contributed by atoms with Crippen molar-refractivity contribution in [1.82, 2.24) is 4.98 Å². The first-order chi connectivity index (χ1) is 5.52. The molecule has 3 N–H and O–H groups in total. The lowest BCUT2D eigenvalue weighted by Gasteiger charge is -2.04. The van der Waals surface area contributed by atoms with Crippen LogP contribution in [0.3, 0.4) is 0 Å². The van der Waals surface area contributed by atoms with Gasteiger partial charge in [0.25, 0.3) is 6.43 Å². The van der Waals surface area contributed by atoms with E-state index in [9.17, 15) is 8.78 Å². The van der Waals surface area contributed by atoms with Gasteiger partial charge >= 0.3 is 0 Å². The standard InChI is InChI=1S/C6H5F2IN2O/c7-5(8)4-3(12)1-2(10)6(9)11-4/h1,5,12H,10H2. The predicted octanol–water partition coefficient (Wildman–Crippen LogP) is 1.91. The molecule has 1 aromatic rings. The highest BCUT2D eigenvalue weighted by molar-refractivity contribution is 14.1. The number of nitrogens with zero attached hydrogens (tertiary/aromatic N) is 1. The minimum Gasteiger partial charge on any atom is -0.506 e. The van der Waals surface area contributed by atoms with Crippen molar-refractivity contribution in [3.63, 3.8) is 0 Å². The van der Waals surface area contributed by atoms with Crippen molar-refractivity contribution in [1.29, 1.82) is 0 Å². The Kier molecular flexibility index (Phi) is 2.65. The molecule has 0 fully saturated rings. The number of hydrogen-bond donors (Lipinski definition) is 2. The van der Waals surface area contributed by atoms with Crippen molar-refractivity contribution in [3.05, 3.63) is 15.5 Å². The van der Waals surface area contributed by atoms with Gasteiger partial charge in [0.05, 0.1) is 5.69 Å². The van der Waals surface area contributed by atoms with E-state index in [0.717, 1.165) is 6.07 Å². The molecule has 0 aliphatic rings. The van der Waals surface area contributed by atoms with E-state index in [0.29, 0.717) is 0 Å². The zero-order valence-corrected chi connectivity index (χ0v) is 7.92. The third-order valence-electron chi connectivity index (χ3n) is 1.22. The van der Waals surface area contributed by atoms with Crippen LogP contribution in [0.2, 0.25) is 0 Å². The van der Waals surface area contributed by atoms with E-state index in [1.54, 1.807) is 22.6 Å². The highest BCUT2D eigenvalue weighted by atomic mass is 127. The average Bonchev–Trinajstić information content (AvgIpc) is 1.96. The number of nitrogens with two attached hydrogens (primary N) is 1. The molecular weight excluding hydrogens is 281 g/mol.